The zero-order valence-electron chi connectivity index (χ0n) is 11.8. The summed E-state index contributed by atoms with van der Waals surface area (Å²) in [5.41, 5.74) is 5.64. The number of nitrogens with zero attached hydrogens (tertiary/aromatic N) is 1. The van der Waals surface area contributed by atoms with Crippen LogP contribution in [0, 0.1) is 5.41 Å². The van der Waals surface area contributed by atoms with Crippen molar-refractivity contribution in [2.45, 2.75) is 20.3 Å². The van der Waals surface area contributed by atoms with Gasteiger partial charge < -0.3 is 15.4 Å². The topological polar surface area (TPSA) is 55.6 Å². The number of ether oxygens (including phenoxy) is 1. The van der Waals surface area contributed by atoms with Crippen LogP contribution in [0.2, 0.25) is 0 Å². The Bertz CT molecular complexity index is 490. The molecule has 0 aliphatic heterocycles. The molecule has 0 aromatic heterocycles. The molecule has 0 radical (unpaired) electrons. The smallest absolute Gasteiger partial charge is 0.239 e. The highest BCUT2D eigenvalue weighted by atomic mass is 32.1. The largest absolute Gasteiger partial charge is 0.497 e. The minimum absolute atomic E-state index is 0.115. The average Bonchev–Trinajstić information content (AvgIpc) is 2.44. The number of methoxy groups -OCH3 is 1. The summed E-state index contributed by atoms with van der Waals surface area (Å²) in [5, 5.41) is 0. The number of nitrogens with two attached hydrogens (primary N) is 1. The van der Waals surface area contributed by atoms with Crippen LogP contribution in [-0.4, -0.2) is 25.1 Å². The summed E-state index contributed by atoms with van der Waals surface area (Å²) in [4.78, 5) is 14.3. The van der Waals surface area contributed by atoms with Crippen LogP contribution in [0.3, 0.4) is 0 Å². The van der Waals surface area contributed by atoms with E-state index in [2.05, 4.69) is 0 Å². The van der Waals surface area contributed by atoms with Gasteiger partial charge in [0.2, 0.25) is 5.91 Å². The molecule has 0 aliphatic rings. The lowest BCUT2D eigenvalue weighted by Gasteiger charge is -2.31. The van der Waals surface area contributed by atoms with E-state index in [9.17, 15) is 4.79 Å². The van der Waals surface area contributed by atoms with Crippen LogP contribution < -0.4 is 15.4 Å². The minimum atomic E-state index is -0.826. The molecule has 1 unspecified atom stereocenters. The molecule has 1 aromatic carbocycles. The molecule has 0 aliphatic carbocycles. The molecule has 0 fully saturated rings. The van der Waals surface area contributed by atoms with Gasteiger partial charge in [-0.1, -0.05) is 25.2 Å². The van der Waals surface area contributed by atoms with Gasteiger partial charge >= 0.3 is 0 Å². The molecule has 0 spiro atoms. The number of rotatable bonds is 5. The predicted octanol–water partition coefficient (Wildman–Crippen LogP) is 2.36. The summed E-state index contributed by atoms with van der Waals surface area (Å²) in [6.07, 6.45) is 0.565. The number of anilines is 1. The van der Waals surface area contributed by atoms with Crippen molar-refractivity contribution in [3.05, 3.63) is 24.3 Å². The van der Waals surface area contributed by atoms with Gasteiger partial charge in [-0.2, -0.15) is 0 Å². The molecule has 0 saturated carbocycles. The monoisotopic (exact) mass is 280 g/mol. The van der Waals surface area contributed by atoms with E-state index in [-0.39, 0.29) is 10.9 Å². The summed E-state index contributed by atoms with van der Waals surface area (Å²) < 4.78 is 5.16. The molecule has 5 heteroatoms. The van der Waals surface area contributed by atoms with Gasteiger partial charge in [0.1, 0.15) is 5.75 Å². The molecule has 0 bridgehead atoms. The molecule has 1 aromatic rings. The fourth-order valence-electron chi connectivity index (χ4n) is 1.74. The Balaban J connectivity index is 3.08. The summed E-state index contributed by atoms with van der Waals surface area (Å²) in [5.74, 6) is 0.585. The lowest BCUT2D eigenvalue weighted by atomic mass is 9.86. The Kier molecular flexibility index (Phi) is 4.89. The van der Waals surface area contributed by atoms with Gasteiger partial charge in [0.15, 0.2) is 0 Å². The van der Waals surface area contributed by atoms with Crippen molar-refractivity contribution in [1.82, 2.24) is 0 Å². The zero-order valence-corrected chi connectivity index (χ0v) is 12.6. The van der Waals surface area contributed by atoms with E-state index in [1.807, 2.05) is 25.1 Å². The Morgan fingerprint density at radius 2 is 2.16 bits per heavy atom. The van der Waals surface area contributed by atoms with Gasteiger partial charge in [-0.15, -0.1) is 0 Å². The van der Waals surface area contributed by atoms with E-state index in [1.165, 1.54) is 0 Å². The van der Waals surface area contributed by atoms with Gasteiger partial charge in [0.25, 0.3) is 0 Å². The van der Waals surface area contributed by atoms with Crippen molar-refractivity contribution < 1.29 is 9.53 Å². The van der Waals surface area contributed by atoms with Gasteiger partial charge in [0, 0.05) is 18.8 Å². The van der Waals surface area contributed by atoms with Crippen LogP contribution in [-0.2, 0) is 4.79 Å². The van der Waals surface area contributed by atoms with Crippen LogP contribution >= 0.6 is 12.2 Å². The fourth-order valence-corrected chi connectivity index (χ4v) is 1.97. The van der Waals surface area contributed by atoms with E-state index in [0.717, 1.165) is 5.69 Å². The van der Waals surface area contributed by atoms with Crippen LogP contribution in [0.1, 0.15) is 20.3 Å². The maximum atomic E-state index is 12.6. The van der Waals surface area contributed by atoms with Gasteiger partial charge in [0.05, 0.1) is 17.5 Å². The average molecular weight is 280 g/mol. The van der Waals surface area contributed by atoms with Crippen LogP contribution in [0.4, 0.5) is 5.69 Å². The van der Waals surface area contributed by atoms with Gasteiger partial charge in [-0.25, -0.2) is 0 Å². The third-order valence-corrected chi connectivity index (χ3v) is 3.92. The molecule has 4 nitrogen and oxygen atoms in total. The molecule has 0 heterocycles. The molecule has 1 amide bonds. The van der Waals surface area contributed by atoms with Crippen molar-refractivity contribution in [1.29, 1.82) is 0 Å². The minimum Gasteiger partial charge on any atom is -0.497 e. The lowest BCUT2D eigenvalue weighted by molar-refractivity contribution is -0.124. The molecule has 1 atom stereocenters. The number of thiocarbonyl (C=S) groups is 1. The summed E-state index contributed by atoms with van der Waals surface area (Å²) in [7, 11) is 3.30. The van der Waals surface area contributed by atoms with Crippen molar-refractivity contribution in [2.75, 3.05) is 19.1 Å². The van der Waals surface area contributed by atoms with Crippen molar-refractivity contribution in [3.63, 3.8) is 0 Å². The van der Waals surface area contributed by atoms with Crippen LogP contribution in [0.15, 0.2) is 24.3 Å². The predicted molar refractivity (Wildman–Crippen MR) is 81.6 cm³/mol. The summed E-state index contributed by atoms with van der Waals surface area (Å²) in [6.45, 7) is 3.67. The molecule has 19 heavy (non-hydrogen) atoms. The van der Waals surface area contributed by atoms with Crippen molar-refractivity contribution in [2.24, 2.45) is 11.1 Å². The second-order valence-corrected chi connectivity index (χ2v) is 5.06. The lowest BCUT2D eigenvalue weighted by Crippen LogP contribution is -2.47. The quantitative estimate of drug-likeness (QED) is 0.841. The van der Waals surface area contributed by atoms with Crippen LogP contribution in [0.5, 0.6) is 5.75 Å². The summed E-state index contributed by atoms with van der Waals surface area (Å²) >= 11 is 5.03. The van der Waals surface area contributed by atoms with E-state index >= 15 is 0 Å². The molecule has 104 valence electrons. The standard InChI is InChI=1S/C14H20N2O2S/c1-5-14(2,12(15)19)13(17)16(3)10-7-6-8-11(9-10)18-4/h6-9H,5H2,1-4H3,(H2,15,19). The Morgan fingerprint density at radius 3 is 2.63 bits per heavy atom. The molecular formula is C14H20N2O2S. The highest BCUT2D eigenvalue weighted by Crippen LogP contribution is 2.28. The van der Waals surface area contributed by atoms with E-state index < -0.39 is 5.41 Å². The highest BCUT2D eigenvalue weighted by Gasteiger charge is 2.37. The van der Waals surface area contributed by atoms with E-state index in [1.54, 1.807) is 32.0 Å². The number of carbonyl (C=O) groups is 1. The Hall–Kier alpha value is -1.62. The van der Waals surface area contributed by atoms with Gasteiger partial charge in [-0.3, -0.25) is 4.79 Å². The Labute approximate surface area is 119 Å². The van der Waals surface area contributed by atoms with Crippen molar-refractivity contribution >= 4 is 28.8 Å². The highest BCUT2D eigenvalue weighted by molar-refractivity contribution is 7.80. The maximum Gasteiger partial charge on any atom is 0.239 e. The third kappa shape index (κ3) is 3.04. The first-order chi connectivity index (χ1) is 8.86. The second kappa shape index (κ2) is 6.02. The number of hydrogen-bond acceptors (Lipinski definition) is 3. The maximum absolute atomic E-state index is 12.6. The molecule has 0 saturated heterocycles. The van der Waals surface area contributed by atoms with Crippen molar-refractivity contribution in [3.8, 4) is 5.75 Å². The molecule has 1 rings (SSSR count). The number of carbonyl (C=O) groups excluding carboxylic acids is 1. The first-order valence-electron chi connectivity index (χ1n) is 6.09. The molecule has 2 N–H and O–H groups in total. The normalized spacial score (nSPS) is 13.5. The first-order valence-corrected chi connectivity index (χ1v) is 6.49. The van der Waals surface area contributed by atoms with E-state index in [0.29, 0.717) is 12.2 Å². The zero-order chi connectivity index (χ0) is 14.6. The number of amides is 1. The fraction of sp³-hybridized carbons (Fsp3) is 0.429. The SMILES string of the molecule is CCC(C)(C(=O)N(C)c1cccc(OC)c1)C(N)=S. The number of hydrogen-bond donors (Lipinski definition) is 1. The van der Waals surface area contributed by atoms with Crippen LogP contribution in [0.25, 0.3) is 0 Å². The number of benzene rings is 1. The third-order valence-electron chi connectivity index (χ3n) is 3.47. The summed E-state index contributed by atoms with van der Waals surface area (Å²) in [6, 6.07) is 7.31. The van der Waals surface area contributed by atoms with Gasteiger partial charge in [-0.05, 0) is 25.5 Å². The second-order valence-electron chi connectivity index (χ2n) is 4.62. The molecular weight excluding hydrogens is 260 g/mol. The Morgan fingerprint density at radius 1 is 1.53 bits per heavy atom. The first kappa shape index (κ1) is 15.4. The van der Waals surface area contributed by atoms with E-state index in [4.69, 9.17) is 22.7 Å².